The van der Waals surface area contributed by atoms with Gasteiger partial charge in [-0.2, -0.15) is 10.2 Å². The summed E-state index contributed by atoms with van der Waals surface area (Å²) >= 11 is 0. The number of azo groups is 1. The largest absolute Gasteiger partial charge is 0.464 e. The van der Waals surface area contributed by atoms with Crippen LogP contribution >= 0.6 is 0 Å². The number of carbonyl (C=O) groups is 6. The van der Waals surface area contributed by atoms with Crippen LogP contribution in [0.15, 0.2) is 241 Å². The predicted molar refractivity (Wildman–Crippen MR) is 342 cm³/mol. The van der Waals surface area contributed by atoms with Crippen LogP contribution < -0.4 is 37.6 Å². The minimum atomic E-state index is -1.40. The van der Waals surface area contributed by atoms with E-state index in [-0.39, 0.29) is 38.2 Å². The van der Waals surface area contributed by atoms with E-state index in [0.717, 1.165) is 39.1 Å². The molecular formula is C70H71N11O9. The molecule has 0 spiro atoms. The van der Waals surface area contributed by atoms with E-state index in [2.05, 4.69) is 31.5 Å². The molecule has 90 heavy (non-hydrogen) atoms. The van der Waals surface area contributed by atoms with Crippen molar-refractivity contribution in [1.29, 1.82) is 0 Å². The van der Waals surface area contributed by atoms with Crippen LogP contribution in [-0.2, 0) is 44.6 Å². The number of nitro groups is 1. The number of carbonyl (C=O) groups excluding carboxylic acids is 6. The van der Waals surface area contributed by atoms with Gasteiger partial charge in [0.25, 0.3) is 5.69 Å². The number of ether oxygens (including phenoxy) is 1. The van der Waals surface area contributed by atoms with E-state index in [1.54, 1.807) is 12.1 Å². The molecule has 0 bridgehead atoms. The van der Waals surface area contributed by atoms with E-state index in [9.17, 15) is 38.9 Å². The second kappa shape index (κ2) is 30.3. The summed E-state index contributed by atoms with van der Waals surface area (Å²) in [5.74, 6) is -3.61. The maximum atomic E-state index is 14.4. The van der Waals surface area contributed by atoms with Gasteiger partial charge in [-0.15, -0.1) is 0 Å². The Hall–Kier alpha value is -10.7. The van der Waals surface area contributed by atoms with Crippen LogP contribution in [0.4, 0.5) is 22.7 Å². The van der Waals surface area contributed by atoms with Crippen molar-refractivity contribution in [2.75, 3.05) is 37.7 Å². The molecule has 0 radical (unpaired) electrons. The fraction of sp³-hybridized carbons (Fsp3) is 0.229. The van der Waals surface area contributed by atoms with Crippen LogP contribution in [0.1, 0.15) is 66.0 Å². The van der Waals surface area contributed by atoms with Gasteiger partial charge in [-0.25, -0.2) is 0 Å². The van der Waals surface area contributed by atoms with Crippen molar-refractivity contribution in [3.05, 3.63) is 274 Å². The molecule has 20 nitrogen and oxygen atoms in total. The summed E-state index contributed by atoms with van der Waals surface area (Å²) in [5, 5.41) is 31.6. The number of hydrogen-bond acceptors (Lipinski definition) is 14. The third-order valence-electron chi connectivity index (χ3n) is 15.8. The Bertz CT molecular complexity index is 3380. The van der Waals surface area contributed by atoms with Gasteiger partial charge in [0.1, 0.15) is 17.7 Å². The number of hydrogen-bond donors (Lipinski definition) is 6. The molecular weight excluding hydrogens is 1140 g/mol. The number of esters is 1. The van der Waals surface area contributed by atoms with Crippen LogP contribution in [0.3, 0.4) is 0 Å². The Morgan fingerprint density at radius 2 is 0.889 bits per heavy atom. The van der Waals surface area contributed by atoms with E-state index in [1.807, 2.05) is 206 Å². The zero-order valence-electron chi connectivity index (χ0n) is 49.7. The number of non-ortho nitro benzene ring substituents is 1. The molecule has 5 amide bonds. The van der Waals surface area contributed by atoms with Gasteiger partial charge in [-0.1, -0.05) is 182 Å². The van der Waals surface area contributed by atoms with Crippen LogP contribution in [0.2, 0.25) is 0 Å². The first kappa shape index (κ1) is 63.8. The average molecular weight is 1210 g/mol. The van der Waals surface area contributed by atoms with Gasteiger partial charge in [0.2, 0.25) is 29.5 Å². The van der Waals surface area contributed by atoms with Crippen LogP contribution in [0.25, 0.3) is 0 Å². The highest BCUT2D eigenvalue weighted by atomic mass is 16.6. The van der Waals surface area contributed by atoms with Crippen molar-refractivity contribution in [2.45, 2.75) is 67.9 Å². The molecule has 1 aliphatic rings. The first-order valence-electron chi connectivity index (χ1n) is 29.7. The molecule has 1 saturated heterocycles. The highest BCUT2D eigenvalue weighted by molar-refractivity contribution is 5.91. The fourth-order valence-electron chi connectivity index (χ4n) is 11.2. The molecule has 0 saturated carbocycles. The predicted octanol–water partition coefficient (Wildman–Crippen LogP) is 8.62. The van der Waals surface area contributed by atoms with Gasteiger partial charge in [0.05, 0.1) is 66.3 Å². The maximum absolute atomic E-state index is 14.4. The van der Waals surface area contributed by atoms with Gasteiger partial charge >= 0.3 is 5.97 Å². The monoisotopic (exact) mass is 1210 g/mol. The van der Waals surface area contributed by atoms with E-state index >= 15 is 0 Å². The van der Waals surface area contributed by atoms with Crippen molar-refractivity contribution in [2.24, 2.45) is 21.7 Å². The average Bonchev–Trinajstić information content (AvgIpc) is 0.938. The summed E-state index contributed by atoms with van der Waals surface area (Å²) in [6, 6.07) is 65.0. The van der Waals surface area contributed by atoms with Gasteiger partial charge < -0.3 is 47.3 Å². The Labute approximate surface area is 521 Å². The lowest BCUT2D eigenvalue weighted by atomic mass is 9.77. The lowest BCUT2D eigenvalue weighted by Crippen LogP contribution is -2.57. The minimum Gasteiger partial charge on any atom is -0.464 e. The highest BCUT2D eigenvalue weighted by Gasteiger charge is 2.42. The zero-order chi connectivity index (χ0) is 63.5. The quantitative estimate of drug-likeness (QED) is 0.00928. The standard InChI is InChI=1S/C70H71N11O9/c1-2-79(57-37-33-55(34-38-57)77-78-56-35-39-58(40-36-56)81(88)89)43-44-90-66(85)42-41-65(84)80-47-61(73-67(86)59(71)45-63(82)75-69(49-21-9-3-10-22-49,50-23-11-4-12-24-50)51-25-13-5-14-26-51)62(48-80)74-68(87)60(72)46-64(83)76-70(52-27-15-6-16-28-52,53-29-17-7-18-30-53)54-31-19-8-20-32-54/h3-40,59-62H,2,41-48,71-72H2,1H3,(H,73,86)(H,74,87)(H,75,82)(H,76,83)/t59-,60-,61+,62+/m0/s1. The minimum absolute atomic E-state index is 0.0163. The molecule has 20 heteroatoms. The molecule has 8 N–H and O–H groups in total. The van der Waals surface area contributed by atoms with Crippen molar-refractivity contribution < 1.29 is 38.4 Å². The number of nitrogens with zero attached hydrogens (tertiary/aromatic N) is 5. The second-order valence-corrected chi connectivity index (χ2v) is 21.7. The maximum Gasteiger partial charge on any atom is 0.306 e. The number of nitro benzene ring substituents is 1. The van der Waals surface area contributed by atoms with E-state index in [0.29, 0.717) is 24.5 Å². The van der Waals surface area contributed by atoms with E-state index in [4.69, 9.17) is 16.2 Å². The SMILES string of the molecule is CCN(CCOC(=O)CCC(=O)N1C[C@@H](NC(=O)[C@@H](N)CC(=O)NC(c2ccccc2)(c2ccccc2)c2ccccc2)[C@H](NC(=O)[C@@H](N)CC(=O)NC(c2ccccc2)(c2ccccc2)c2ccccc2)C1)c1ccc(N=Nc2ccc([N+](=O)[O-])cc2)cc1. The summed E-state index contributed by atoms with van der Waals surface area (Å²) in [4.78, 5) is 98.4. The summed E-state index contributed by atoms with van der Waals surface area (Å²) in [6.07, 6.45) is -1.43. The summed E-state index contributed by atoms with van der Waals surface area (Å²) in [7, 11) is 0. The molecule has 460 valence electrons. The van der Waals surface area contributed by atoms with Crippen LogP contribution in [0.5, 0.6) is 0 Å². The molecule has 1 aliphatic heterocycles. The van der Waals surface area contributed by atoms with Crippen molar-refractivity contribution in [3.8, 4) is 0 Å². The smallest absolute Gasteiger partial charge is 0.306 e. The lowest BCUT2D eigenvalue weighted by Gasteiger charge is -2.37. The van der Waals surface area contributed by atoms with Crippen molar-refractivity contribution >= 4 is 58.3 Å². The number of rotatable bonds is 27. The van der Waals surface area contributed by atoms with Crippen LogP contribution in [-0.4, -0.2) is 102 Å². The number of amides is 5. The van der Waals surface area contributed by atoms with Gasteiger partial charge in [-0.05, 0) is 76.7 Å². The number of benzene rings is 8. The number of anilines is 1. The van der Waals surface area contributed by atoms with Crippen LogP contribution in [0, 0.1) is 10.1 Å². The number of nitrogens with one attached hydrogen (secondary N) is 4. The summed E-state index contributed by atoms with van der Waals surface area (Å²) < 4.78 is 5.58. The first-order chi connectivity index (χ1) is 43.7. The Balaban J connectivity index is 0.863. The molecule has 0 aromatic heterocycles. The molecule has 9 rings (SSSR count). The number of likely N-dealkylation sites (N-methyl/N-ethyl adjacent to an activating group) is 1. The summed E-state index contributed by atoms with van der Waals surface area (Å²) in [5.41, 5.74) is 17.2. The zero-order valence-corrected chi connectivity index (χ0v) is 49.7. The topological polar surface area (TPSA) is 286 Å². The molecule has 1 heterocycles. The first-order valence-corrected chi connectivity index (χ1v) is 29.7. The molecule has 4 atom stereocenters. The molecule has 0 aliphatic carbocycles. The normalized spacial score (nSPS) is 14.6. The summed E-state index contributed by atoms with van der Waals surface area (Å²) in [6.45, 7) is 2.65. The van der Waals surface area contributed by atoms with E-state index < -0.39 is 88.5 Å². The van der Waals surface area contributed by atoms with Gasteiger partial charge in [0.15, 0.2) is 0 Å². The van der Waals surface area contributed by atoms with Gasteiger partial charge in [0, 0.05) is 43.9 Å². The Morgan fingerprint density at radius 3 is 1.22 bits per heavy atom. The fourth-order valence-corrected chi connectivity index (χ4v) is 11.2. The molecule has 1 fully saturated rings. The second-order valence-electron chi connectivity index (χ2n) is 21.7. The van der Waals surface area contributed by atoms with E-state index in [1.165, 1.54) is 29.2 Å². The molecule has 8 aromatic carbocycles. The number of likely N-dealkylation sites (tertiary alicyclic amines) is 1. The Kier molecular flexibility index (Phi) is 21.5. The lowest BCUT2D eigenvalue weighted by molar-refractivity contribution is -0.384. The Morgan fingerprint density at radius 1 is 0.544 bits per heavy atom. The van der Waals surface area contributed by atoms with Gasteiger partial charge in [-0.3, -0.25) is 38.9 Å². The molecule has 8 aromatic rings. The van der Waals surface area contributed by atoms with Crippen molar-refractivity contribution in [3.63, 3.8) is 0 Å². The highest BCUT2D eigenvalue weighted by Crippen LogP contribution is 2.39. The number of nitrogens with two attached hydrogens (primary N) is 2. The molecule has 0 unspecified atom stereocenters. The van der Waals surface area contributed by atoms with Crippen molar-refractivity contribution in [1.82, 2.24) is 26.2 Å². The third-order valence-corrected chi connectivity index (χ3v) is 15.8. The third kappa shape index (κ3) is 15.7.